The Balaban J connectivity index is 1.42. The molecule has 2 aromatic rings. The molecule has 2 aromatic carbocycles. The van der Waals surface area contributed by atoms with Gasteiger partial charge >= 0.3 is 0 Å². The lowest BCUT2D eigenvalue weighted by Gasteiger charge is -2.14. The van der Waals surface area contributed by atoms with Gasteiger partial charge in [-0.1, -0.05) is 36.8 Å². The second kappa shape index (κ2) is 8.16. The topological polar surface area (TPSA) is 66.5 Å². The first kappa shape index (κ1) is 18.8. The predicted molar refractivity (Wildman–Crippen MR) is 105 cm³/mol. The van der Waals surface area contributed by atoms with E-state index in [1.165, 1.54) is 4.90 Å². The smallest absolute Gasteiger partial charge is 0.261 e. The number of aryl methyl sites for hydroxylation is 2. The maximum atomic E-state index is 12.3. The zero-order valence-corrected chi connectivity index (χ0v) is 15.7. The number of nitrogens with zero attached hydrogens (tertiary/aromatic N) is 1. The highest BCUT2D eigenvalue weighted by Gasteiger charge is 2.34. The molecule has 1 N–H and O–H groups in total. The summed E-state index contributed by atoms with van der Waals surface area (Å²) in [4.78, 5) is 38.0. The number of hydrogen-bond acceptors (Lipinski definition) is 3. The van der Waals surface area contributed by atoms with E-state index in [2.05, 4.69) is 5.32 Å². The highest BCUT2D eigenvalue weighted by molar-refractivity contribution is 6.21. The van der Waals surface area contributed by atoms with Crippen molar-refractivity contribution in [3.05, 3.63) is 64.7 Å². The maximum Gasteiger partial charge on any atom is 0.261 e. The van der Waals surface area contributed by atoms with Gasteiger partial charge in [-0.25, -0.2) is 0 Å². The van der Waals surface area contributed by atoms with E-state index in [1.54, 1.807) is 24.3 Å². The monoisotopic (exact) mass is 364 g/mol. The van der Waals surface area contributed by atoms with Gasteiger partial charge in [-0.15, -0.1) is 0 Å². The molecule has 0 saturated heterocycles. The lowest BCUT2D eigenvalue weighted by Crippen LogP contribution is -2.30. The van der Waals surface area contributed by atoms with Crippen LogP contribution in [0.1, 0.15) is 57.5 Å². The van der Waals surface area contributed by atoms with Crippen LogP contribution in [0.15, 0.2) is 42.5 Å². The molecule has 0 fully saturated rings. The minimum Gasteiger partial charge on any atom is -0.326 e. The van der Waals surface area contributed by atoms with Crippen LogP contribution < -0.4 is 5.32 Å². The quantitative estimate of drug-likeness (QED) is 0.594. The molecular weight excluding hydrogens is 340 g/mol. The minimum absolute atomic E-state index is 0.00636. The number of anilines is 1. The lowest BCUT2D eigenvalue weighted by molar-refractivity contribution is -0.116. The van der Waals surface area contributed by atoms with Crippen molar-refractivity contribution in [2.24, 2.45) is 0 Å². The Kier molecular flexibility index (Phi) is 5.69. The Morgan fingerprint density at radius 3 is 2.04 bits per heavy atom. The number of imide groups is 1. The van der Waals surface area contributed by atoms with E-state index in [0.717, 1.165) is 29.7 Å². The van der Waals surface area contributed by atoms with Gasteiger partial charge in [-0.2, -0.15) is 0 Å². The summed E-state index contributed by atoms with van der Waals surface area (Å²) in [6.07, 6.45) is 2.63. The van der Waals surface area contributed by atoms with Crippen molar-refractivity contribution in [2.45, 2.75) is 39.5 Å². The molecule has 5 nitrogen and oxygen atoms in total. The molecule has 3 rings (SSSR count). The lowest BCUT2D eigenvalue weighted by atomic mass is 10.1. The number of rotatable bonds is 7. The van der Waals surface area contributed by atoms with Crippen LogP contribution in [0.3, 0.4) is 0 Å². The number of benzene rings is 2. The van der Waals surface area contributed by atoms with Gasteiger partial charge in [0.1, 0.15) is 0 Å². The van der Waals surface area contributed by atoms with E-state index in [-0.39, 0.29) is 17.7 Å². The van der Waals surface area contributed by atoms with Crippen LogP contribution >= 0.6 is 0 Å². The molecule has 0 bridgehead atoms. The third kappa shape index (κ3) is 4.08. The molecule has 0 unspecified atom stereocenters. The average molecular weight is 364 g/mol. The van der Waals surface area contributed by atoms with Gasteiger partial charge in [0, 0.05) is 18.7 Å². The van der Waals surface area contributed by atoms with Crippen LogP contribution in [0, 0.1) is 13.8 Å². The number of unbranched alkanes of at least 4 members (excludes halogenated alkanes) is 2. The number of hydrogen-bond donors (Lipinski definition) is 1. The second-order valence-corrected chi connectivity index (χ2v) is 6.93. The van der Waals surface area contributed by atoms with Crippen molar-refractivity contribution in [2.75, 3.05) is 11.9 Å². The Morgan fingerprint density at radius 1 is 0.852 bits per heavy atom. The third-order valence-corrected chi connectivity index (χ3v) is 4.91. The molecular formula is C22H24N2O3. The standard InChI is InChI=1S/C22H24N2O3/c1-15-9-8-10-16(2)20(15)23-19(25)13-4-3-7-14-24-21(26)17-11-5-6-12-18(17)22(24)27/h5-6,8-12H,3-4,7,13-14H2,1-2H3,(H,23,25). The van der Waals surface area contributed by atoms with Crippen molar-refractivity contribution in [1.29, 1.82) is 0 Å². The van der Waals surface area contributed by atoms with E-state index >= 15 is 0 Å². The summed E-state index contributed by atoms with van der Waals surface area (Å²) in [5, 5.41) is 2.98. The fraction of sp³-hybridized carbons (Fsp3) is 0.318. The summed E-state index contributed by atoms with van der Waals surface area (Å²) >= 11 is 0. The zero-order chi connectivity index (χ0) is 19.4. The van der Waals surface area contributed by atoms with Crippen molar-refractivity contribution in [3.63, 3.8) is 0 Å². The Hall–Kier alpha value is -2.95. The first-order valence-corrected chi connectivity index (χ1v) is 9.30. The van der Waals surface area contributed by atoms with E-state index in [0.29, 0.717) is 30.5 Å². The molecule has 0 radical (unpaired) electrons. The molecule has 0 aromatic heterocycles. The van der Waals surface area contributed by atoms with Crippen LogP contribution in [0.2, 0.25) is 0 Å². The normalized spacial score (nSPS) is 13.0. The van der Waals surface area contributed by atoms with Crippen LogP contribution in [0.4, 0.5) is 5.69 Å². The van der Waals surface area contributed by atoms with Crippen molar-refractivity contribution in [3.8, 4) is 0 Å². The molecule has 140 valence electrons. The molecule has 0 spiro atoms. The fourth-order valence-electron chi connectivity index (χ4n) is 3.39. The molecule has 0 saturated carbocycles. The zero-order valence-electron chi connectivity index (χ0n) is 15.7. The van der Waals surface area contributed by atoms with Crippen LogP contribution in [-0.4, -0.2) is 29.2 Å². The molecule has 0 atom stereocenters. The molecule has 1 aliphatic rings. The fourth-order valence-corrected chi connectivity index (χ4v) is 3.39. The van der Waals surface area contributed by atoms with E-state index < -0.39 is 0 Å². The molecule has 0 aliphatic carbocycles. The number of carbonyl (C=O) groups is 3. The van der Waals surface area contributed by atoms with Crippen LogP contribution in [0.5, 0.6) is 0 Å². The number of amides is 3. The summed E-state index contributed by atoms with van der Waals surface area (Å²) < 4.78 is 0. The van der Waals surface area contributed by atoms with Gasteiger partial charge in [0.05, 0.1) is 11.1 Å². The van der Waals surface area contributed by atoms with Gasteiger partial charge in [0.25, 0.3) is 11.8 Å². The van der Waals surface area contributed by atoms with Crippen molar-refractivity contribution >= 4 is 23.4 Å². The van der Waals surface area contributed by atoms with Crippen LogP contribution in [0.25, 0.3) is 0 Å². The first-order valence-electron chi connectivity index (χ1n) is 9.30. The summed E-state index contributed by atoms with van der Waals surface area (Å²) in [5.74, 6) is -0.445. The summed E-state index contributed by atoms with van der Waals surface area (Å²) in [5.41, 5.74) is 3.95. The highest BCUT2D eigenvalue weighted by Crippen LogP contribution is 2.23. The van der Waals surface area contributed by atoms with Crippen LogP contribution in [-0.2, 0) is 4.79 Å². The Morgan fingerprint density at radius 2 is 1.44 bits per heavy atom. The maximum absolute atomic E-state index is 12.3. The van der Waals surface area contributed by atoms with Gasteiger partial charge in [0.15, 0.2) is 0 Å². The Bertz CT molecular complexity index is 834. The summed E-state index contributed by atoms with van der Waals surface area (Å²) in [7, 11) is 0. The molecule has 5 heteroatoms. The second-order valence-electron chi connectivity index (χ2n) is 6.93. The van der Waals surface area contributed by atoms with E-state index in [1.807, 2.05) is 32.0 Å². The van der Waals surface area contributed by atoms with Crippen molar-refractivity contribution in [1.82, 2.24) is 4.90 Å². The van der Waals surface area contributed by atoms with Gasteiger partial charge in [-0.05, 0) is 49.9 Å². The number of fused-ring (bicyclic) bond motifs is 1. The van der Waals surface area contributed by atoms with Gasteiger partial charge in [0.2, 0.25) is 5.91 Å². The molecule has 1 aliphatic heterocycles. The first-order chi connectivity index (χ1) is 13.0. The predicted octanol–water partition coefficient (Wildman–Crippen LogP) is 4.10. The van der Waals surface area contributed by atoms with Gasteiger partial charge < -0.3 is 5.32 Å². The molecule has 3 amide bonds. The molecule has 1 heterocycles. The third-order valence-electron chi connectivity index (χ3n) is 4.91. The van der Waals surface area contributed by atoms with E-state index in [9.17, 15) is 14.4 Å². The Labute approximate surface area is 159 Å². The number of carbonyl (C=O) groups excluding carboxylic acids is 3. The summed E-state index contributed by atoms with van der Waals surface area (Å²) in [6, 6.07) is 12.8. The van der Waals surface area contributed by atoms with Crippen molar-refractivity contribution < 1.29 is 14.4 Å². The average Bonchev–Trinajstić information content (AvgIpc) is 2.89. The SMILES string of the molecule is Cc1cccc(C)c1NC(=O)CCCCCN1C(=O)c2ccccc2C1=O. The van der Waals surface area contributed by atoms with Gasteiger partial charge in [-0.3, -0.25) is 19.3 Å². The number of para-hydroxylation sites is 1. The largest absolute Gasteiger partial charge is 0.326 e. The number of nitrogens with one attached hydrogen (secondary N) is 1. The highest BCUT2D eigenvalue weighted by atomic mass is 16.2. The minimum atomic E-state index is -0.219. The molecule has 27 heavy (non-hydrogen) atoms. The summed E-state index contributed by atoms with van der Waals surface area (Å²) in [6.45, 7) is 4.35. The van der Waals surface area contributed by atoms with E-state index in [4.69, 9.17) is 0 Å².